The molecule has 20 heavy (non-hydrogen) atoms. The van der Waals surface area contributed by atoms with Crippen LogP contribution in [0.15, 0.2) is 72.8 Å². The van der Waals surface area contributed by atoms with Crippen LogP contribution in [-0.2, 0) is 0 Å². The summed E-state index contributed by atoms with van der Waals surface area (Å²) in [6, 6.07) is 26.3. The minimum absolute atomic E-state index is 0.378. The lowest BCUT2D eigenvalue weighted by Crippen LogP contribution is -2.28. The van der Waals surface area contributed by atoms with Crippen molar-refractivity contribution < 1.29 is 0 Å². The molecule has 0 aromatic heterocycles. The Morgan fingerprint density at radius 1 is 0.500 bits per heavy atom. The van der Waals surface area contributed by atoms with E-state index in [1.165, 1.54) is 33.8 Å². The third-order valence-corrected chi connectivity index (χ3v) is 4.47. The van der Waals surface area contributed by atoms with Gasteiger partial charge in [-0.1, -0.05) is 54.6 Å². The molecule has 3 heterocycles. The standard InChI is InChI=1S/C19H13N/c1-4-10-16-13(7-1)19-14-8-2-5-11-17(14)20(16)18-12-6-3-9-15(18)19/h1-12,19H. The second-order valence-electron chi connectivity index (χ2n) is 5.44. The van der Waals surface area contributed by atoms with Crippen LogP contribution in [0.2, 0.25) is 0 Å². The first-order valence-electron chi connectivity index (χ1n) is 7.02. The highest BCUT2D eigenvalue weighted by molar-refractivity contribution is 5.92. The fourth-order valence-electron chi connectivity index (χ4n) is 3.70. The van der Waals surface area contributed by atoms with E-state index in [0.717, 1.165) is 0 Å². The van der Waals surface area contributed by atoms with E-state index < -0.39 is 0 Å². The number of nitrogens with zero attached hydrogens (tertiary/aromatic N) is 1. The lowest BCUT2D eigenvalue weighted by atomic mass is 9.75. The van der Waals surface area contributed by atoms with E-state index >= 15 is 0 Å². The van der Waals surface area contributed by atoms with E-state index in [9.17, 15) is 0 Å². The molecule has 94 valence electrons. The lowest BCUT2D eigenvalue weighted by Gasteiger charge is -2.44. The summed E-state index contributed by atoms with van der Waals surface area (Å²) in [6.07, 6.45) is 0. The minimum atomic E-state index is 0.378. The van der Waals surface area contributed by atoms with Crippen LogP contribution in [0.25, 0.3) is 0 Å². The van der Waals surface area contributed by atoms with Crippen molar-refractivity contribution >= 4 is 17.1 Å². The topological polar surface area (TPSA) is 3.24 Å². The summed E-state index contributed by atoms with van der Waals surface area (Å²) in [5.74, 6) is 0.378. The molecule has 3 aliphatic rings. The normalized spacial score (nSPS) is 14.7. The average molecular weight is 255 g/mol. The molecule has 1 heteroatoms. The molecule has 6 rings (SSSR count). The number of benzene rings is 3. The average Bonchev–Trinajstić information content (AvgIpc) is 2.54. The summed E-state index contributed by atoms with van der Waals surface area (Å²) < 4.78 is 0. The Kier molecular flexibility index (Phi) is 1.80. The maximum absolute atomic E-state index is 2.40. The molecule has 0 aliphatic carbocycles. The van der Waals surface area contributed by atoms with Crippen LogP contribution in [0, 0.1) is 0 Å². The summed E-state index contributed by atoms with van der Waals surface area (Å²) in [5.41, 5.74) is 8.25. The molecule has 0 amide bonds. The third kappa shape index (κ3) is 1.09. The van der Waals surface area contributed by atoms with Gasteiger partial charge in [0, 0.05) is 5.92 Å². The van der Waals surface area contributed by atoms with Crippen molar-refractivity contribution in [2.45, 2.75) is 5.92 Å². The van der Waals surface area contributed by atoms with Crippen molar-refractivity contribution in [1.82, 2.24) is 0 Å². The van der Waals surface area contributed by atoms with Gasteiger partial charge in [-0.05, 0) is 34.9 Å². The first kappa shape index (κ1) is 10.3. The molecule has 0 radical (unpaired) electrons. The molecule has 0 N–H and O–H groups in total. The molecule has 3 aliphatic heterocycles. The van der Waals surface area contributed by atoms with Crippen LogP contribution >= 0.6 is 0 Å². The summed E-state index contributed by atoms with van der Waals surface area (Å²) in [4.78, 5) is 2.40. The third-order valence-electron chi connectivity index (χ3n) is 4.47. The zero-order chi connectivity index (χ0) is 13.1. The van der Waals surface area contributed by atoms with E-state index in [-0.39, 0.29) is 0 Å². The lowest BCUT2D eigenvalue weighted by molar-refractivity contribution is 0.895. The highest BCUT2D eigenvalue weighted by Crippen LogP contribution is 2.58. The number of hydrogen-bond donors (Lipinski definition) is 0. The molecule has 3 aromatic rings. The Morgan fingerprint density at radius 2 is 0.850 bits per heavy atom. The first-order valence-corrected chi connectivity index (χ1v) is 7.02. The highest BCUT2D eigenvalue weighted by Gasteiger charge is 2.38. The molecule has 0 saturated carbocycles. The Bertz CT molecular complexity index is 653. The van der Waals surface area contributed by atoms with Crippen molar-refractivity contribution in [3.63, 3.8) is 0 Å². The van der Waals surface area contributed by atoms with Gasteiger partial charge in [0.25, 0.3) is 0 Å². The van der Waals surface area contributed by atoms with Crippen molar-refractivity contribution in [1.29, 1.82) is 0 Å². The zero-order valence-corrected chi connectivity index (χ0v) is 11.0. The van der Waals surface area contributed by atoms with E-state index in [1.807, 2.05) is 0 Å². The molecule has 0 saturated heterocycles. The minimum Gasteiger partial charge on any atom is -0.310 e. The second-order valence-corrected chi connectivity index (χ2v) is 5.44. The van der Waals surface area contributed by atoms with Gasteiger partial charge >= 0.3 is 0 Å². The van der Waals surface area contributed by atoms with Gasteiger partial charge in [-0.15, -0.1) is 0 Å². The summed E-state index contributed by atoms with van der Waals surface area (Å²) >= 11 is 0. The number of hydrogen-bond acceptors (Lipinski definition) is 1. The molecular formula is C19H13N. The van der Waals surface area contributed by atoms with E-state index in [0.29, 0.717) is 5.92 Å². The van der Waals surface area contributed by atoms with Gasteiger partial charge in [-0.2, -0.15) is 0 Å². The molecule has 0 spiro atoms. The Balaban J connectivity index is 1.93. The van der Waals surface area contributed by atoms with E-state index in [1.54, 1.807) is 0 Å². The maximum atomic E-state index is 2.40. The summed E-state index contributed by atoms with van der Waals surface area (Å²) in [5, 5.41) is 0. The predicted octanol–water partition coefficient (Wildman–Crippen LogP) is 4.96. The van der Waals surface area contributed by atoms with Crippen molar-refractivity contribution in [3.8, 4) is 0 Å². The van der Waals surface area contributed by atoms with Crippen LogP contribution in [0.1, 0.15) is 22.6 Å². The van der Waals surface area contributed by atoms with Gasteiger partial charge in [0.05, 0.1) is 17.1 Å². The van der Waals surface area contributed by atoms with E-state index in [2.05, 4.69) is 77.7 Å². The van der Waals surface area contributed by atoms with Crippen LogP contribution in [-0.4, -0.2) is 0 Å². The van der Waals surface area contributed by atoms with Gasteiger partial charge in [-0.3, -0.25) is 0 Å². The number of anilines is 3. The molecule has 2 bridgehead atoms. The van der Waals surface area contributed by atoms with Gasteiger partial charge < -0.3 is 4.90 Å². The van der Waals surface area contributed by atoms with Crippen LogP contribution in [0.4, 0.5) is 17.1 Å². The largest absolute Gasteiger partial charge is 0.310 e. The number of rotatable bonds is 0. The molecule has 0 fully saturated rings. The SMILES string of the molecule is c1ccc2c(c1)C1c3ccccc3N2c2ccccc21. The molecule has 3 aromatic carbocycles. The van der Waals surface area contributed by atoms with Crippen LogP contribution < -0.4 is 4.90 Å². The second kappa shape index (κ2) is 3.51. The van der Waals surface area contributed by atoms with Crippen molar-refractivity contribution in [2.24, 2.45) is 0 Å². The van der Waals surface area contributed by atoms with E-state index in [4.69, 9.17) is 0 Å². The van der Waals surface area contributed by atoms with Gasteiger partial charge in [0.1, 0.15) is 0 Å². The van der Waals surface area contributed by atoms with Gasteiger partial charge in [-0.25, -0.2) is 0 Å². The predicted molar refractivity (Wildman–Crippen MR) is 82.1 cm³/mol. The van der Waals surface area contributed by atoms with Gasteiger partial charge in [0.2, 0.25) is 0 Å². The zero-order valence-electron chi connectivity index (χ0n) is 11.0. The smallest absolute Gasteiger partial charge is 0.0503 e. The van der Waals surface area contributed by atoms with Gasteiger partial charge in [0.15, 0.2) is 0 Å². The fourth-order valence-corrected chi connectivity index (χ4v) is 3.70. The molecular weight excluding hydrogens is 242 g/mol. The van der Waals surface area contributed by atoms with Crippen LogP contribution in [0.3, 0.4) is 0 Å². The summed E-state index contributed by atoms with van der Waals surface area (Å²) in [6.45, 7) is 0. The molecule has 0 unspecified atom stereocenters. The molecule has 0 atom stereocenters. The Labute approximate surface area is 118 Å². The Hall–Kier alpha value is -2.54. The first-order chi connectivity index (χ1) is 9.95. The number of para-hydroxylation sites is 3. The quantitative estimate of drug-likeness (QED) is 0.378. The summed E-state index contributed by atoms with van der Waals surface area (Å²) in [7, 11) is 0. The molecule has 1 nitrogen and oxygen atoms in total. The van der Waals surface area contributed by atoms with Crippen molar-refractivity contribution in [3.05, 3.63) is 89.5 Å². The Morgan fingerprint density at radius 3 is 1.25 bits per heavy atom. The monoisotopic (exact) mass is 255 g/mol. The van der Waals surface area contributed by atoms with Crippen molar-refractivity contribution in [2.75, 3.05) is 4.90 Å². The highest BCUT2D eigenvalue weighted by atomic mass is 15.2. The maximum Gasteiger partial charge on any atom is 0.0503 e. The fraction of sp³-hybridized carbons (Fsp3) is 0.0526. The van der Waals surface area contributed by atoms with Crippen LogP contribution in [0.5, 0.6) is 0 Å².